The van der Waals surface area contributed by atoms with Gasteiger partial charge in [0.25, 0.3) is 0 Å². The van der Waals surface area contributed by atoms with Crippen LogP contribution < -0.4 is 5.32 Å². The van der Waals surface area contributed by atoms with E-state index in [-0.39, 0.29) is 13.2 Å². The van der Waals surface area contributed by atoms with Crippen LogP contribution in [0.5, 0.6) is 0 Å². The lowest BCUT2D eigenvalue weighted by Crippen LogP contribution is -2.55. The Morgan fingerprint density at radius 2 is 1.73 bits per heavy atom. The van der Waals surface area contributed by atoms with Crippen molar-refractivity contribution >= 4 is 0 Å². The molecular formula is C12H27NO2. The van der Waals surface area contributed by atoms with Crippen LogP contribution in [0.4, 0.5) is 0 Å². The average molecular weight is 217 g/mol. The van der Waals surface area contributed by atoms with E-state index in [2.05, 4.69) is 19.2 Å². The fourth-order valence-electron chi connectivity index (χ4n) is 1.73. The summed E-state index contributed by atoms with van der Waals surface area (Å²) in [5.41, 5.74) is -0.492. The van der Waals surface area contributed by atoms with Crippen LogP contribution in [-0.4, -0.2) is 35.0 Å². The second kappa shape index (κ2) is 8.08. The van der Waals surface area contributed by atoms with Crippen molar-refractivity contribution < 1.29 is 10.2 Å². The van der Waals surface area contributed by atoms with Crippen molar-refractivity contribution in [2.45, 2.75) is 64.5 Å². The average Bonchev–Trinajstić information content (AvgIpc) is 2.30. The molecule has 0 aliphatic rings. The summed E-state index contributed by atoms with van der Waals surface area (Å²) in [4.78, 5) is 0. The Bertz CT molecular complexity index is 138. The fourth-order valence-corrected chi connectivity index (χ4v) is 1.73. The third-order valence-corrected chi connectivity index (χ3v) is 3.19. The van der Waals surface area contributed by atoms with Crippen LogP contribution in [0, 0.1) is 0 Å². The van der Waals surface area contributed by atoms with Gasteiger partial charge in [0, 0.05) is 6.04 Å². The van der Waals surface area contributed by atoms with Crippen molar-refractivity contribution in [2.24, 2.45) is 0 Å². The highest BCUT2D eigenvalue weighted by Gasteiger charge is 2.28. The predicted octanol–water partition coefficient (Wildman–Crippen LogP) is 1.68. The number of rotatable bonds is 9. The van der Waals surface area contributed by atoms with Crippen molar-refractivity contribution in [3.05, 3.63) is 0 Å². The molecule has 0 aliphatic carbocycles. The highest BCUT2D eigenvalue weighted by Crippen LogP contribution is 2.14. The predicted molar refractivity (Wildman–Crippen MR) is 63.9 cm³/mol. The third kappa shape index (κ3) is 4.96. The molecule has 1 unspecified atom stereocenters. The second-order valence-electron chi connectivity index (χ2n) is 4.34. The Kier molecular flexibility index (Phi) is 8.02. The molecule has 0 fully saturated rings. The molecule has 0 aromatic heterocycles. The Hall–Kier alpha value is -0.120. The molecule has 0 aromatic carbocycles. The van der Waals surface area contributed by atoms with Gasteiger partial charge in [0.1, 0.15) is 0 Å². The third-order valence-electron chi connectivity index (χ3n) is 3.19. The lowest BCUT2D eigenvalue weighted by molar-refractivity contribution is 0.0755. The number of nitrogens with one attached hydrogen (secondary N) is 1. The summed E-state index contributed by atoms with van der Waals surface area (Å²) < 4.78 is 0. The van der Waals surface area contributed by atoms with E-state index in [9.17, 15) is 10.2 Å². The van der Waals surface area contributed by atoms with Gasteiger partial charge in [-0.25, -0.2) is 0 Å². The maximum Gasteiger partial charge on any atom is 0.0647 e. The molecule has 3 N–H and O–H groups in total. The maximum atomic E-state index is 9.32. The Labute approximate surface area is 93.9 Å². The van der Waals surface area contributed by atoms with Crippen LogP contribution in [-0.2, 0) is 0 Å². The summed E-state index contributed by atoms with van der Waals surface area (Å²) in [6, 6.07) is 0.407. The molecule has 0 aliphatic heterocycles. The summed E-state index contributed by atoms with van der Waals surface area (Å²) >= 11 is 0. The molecule has 15 heavy (non-hydrogen) atoms. The first-order chi connectivity index (χ1) is 7.17. The quantitative estimate of drug-likeness (QED) is 0.551. The van der Waals surface area contributed by atoms with Crippen LogP contribution >= 0.6 is 0 Å². The molecule has 3 heteroatoms. The molecule has 92 valence electrons. The van der Waals surface area contributed by atoms with E-state index >= 15 is 0 Å². The van der Waals surface area contributed by atoms with Crippen molar-refractivity contribution in [1.82, 2.24) is 5.32 Å². The van der Waals surface area contributed by atoms with E-state index in [1.165, 1.54) is 12.8 Å². The molecule has 0 spiro atoms. The van der Waals surface area contributed by atoms with Crippen LogP contribution in [0.1, 0.15) is 52.9 Å². The summed E-state index contributed by atoms with van der Waals surface area (Å²) in [5, 5.41) is 22.0. The summed E-state index contributed by atoms with van der Waals surface area (Å²) in [7, 11) is 0. The molecule has 0 aromatic rings. The zero-order chi connectivity index (χ0) is 11.7. The molecule has 0 heterocycles. The van der Waals surface area contributed by atoms with Crippen molar-refractivity contribution in [3.8, 4) is 0 Å². The monoisotopic (exact) mass is 217 g/mol. The van der Waals surface area contributed by atoms with Gasteiger partial charge in [-0.3, -0.25) is 0 Å². The minimum atomic E-state index is -0.492. The van der Waals surface area contributed by atoms with E-state index < -0.39 is 5.54 Å². The molecule has 0 rings (SSSR count). The van der Waals surface area contributed by atoms with Crippen LogP contribution in [0.3, 0.4) is 0 Å². The van der Waals surface area contributed by atoms with Gasteiger partial charge in [0.15, 0.2) is 0 Å². The molecule has 3 nitrogen and oxygen atoms in total. The molecule has 0 saturated carbocycles. The minimum Gasteiger partial charge on any atom is -0.394 e. The molecule has 0 bridgehead atoms. The highest BCUT2D eigenvalue weighted by atomic mass is 16.3. The maximum absolute atomic E-state index is 9.32. The Morgan fingerprint density at radius 3 is 2.07 bits per heavy atom. The largest absolute Gasteiger partial charge is 0.394 e. The van der Waals surface area contributed by atoms with Crippen LogP contribution in [0.25, 0.3) is 0 Å². The molecule has 0 radical (unpaired) electrons. The molecule has 0 amide bonds. The lowest BCUT2D eigenvalue weighted by atomic mass is 9.95. The summed E-state index contributed by atoms with van der Waals surface area (Å²) in [6.07, 6.45) is 5.30. The fraction of sp³-hybridized carbons (Fsp3) is 1.00. The second-order valence-corrected chi connectivity index (χ2v) is 4.34. The van der Waals surface area contributed by atoms with E-state index in [0.717, 1.165) is 19.3 Å². The van der Waals surface area contributed by atoms with Crippen LogP contribution in [0.2, 0.25) is 0 Å². The topological polar surface area (TPSA) is 52.5 Å². The van der Waals surface area contributed by atoms with Gasteiger partial charge in [0.2, 0.25) is 0 Å². The number of aliphatic hydroxyl groups is 2. The SMILES string of the molecule is CCCCC(CC)NC(CC)(CO)CO. The van der Waals surface area contributed by atoms with Gasteiger partial charge in [-0.1, -0.05) is 33.6 Å². The first-order valence-corrected chi connectivity index (χ1v) is 6.17. The van der Waals surface area contributed by atoms with E-state index in [0.29, 0.717) is 6.04 Å². The van der Waals surface area contributed by atoms with E-state index in [1.807, 2.05) is 6.92 Å². The van der Waals surface area contributed by atoms with Crippen LogP contribution in [0.15, 0.2) is 0 Å². The molecule has 1 atom stereocenters. The van der Waals surface area contributed by atoms with Crippen molar-refractivity contribution in [1.29, 1.82) is 0 Å². The number of hydrogen-bond acceptors (Lipinski definition) is 3. The number of hydrogen-bond donors (Lipinski definition) is 3. The lowest BCUT2D eigenvalue weighted by Gasteiger charge is -2.34. The van der Waals surface area contributed by atoms with Gasteiger partial charge in [-0.15, -0.1) is 0 Å². The first-order valence-electron chi connectivity index (χ1n) is 6.17. The van der Waals surface area contributed by atoms with Gasteiger partial charge in [-0.05, 0) is 19.3 Å². The highest BCUT2D eigenvalue weighted by molar-refractivity contribution is 4.88. The van der Waals surface area contributed by atoms with Gasteiger partial charge in [-0.2, -0.15) is 0 Å². The smallest absolute Gasteiger partial charge is 0.0647 e. The van der Waals surface area contributed by atoms with Gasteiger partial charge in [0.05, 0.1) is 18.8 Å². The number of unbranched alkanes of at least 4 members (excludes halogenated alkanes) is 1. The van der Waals surface area contributed by atoms with Gasteiger partial charge < -0.3 is 15.5 Å². The normalized spacial score (nSPS) is 14.2. The summed E-state index contributed by atoms with van der Waals surface area (Å²) in [6.45, 7) is 6.32. The Morgan fingerprint density at radius 1 is 1.13 bits per heavy atom. The zero-order valence-corrected chi connectivity index (χ0v) is 10.4. The van der Waals surface area contributed by atoms with Crippen molar-refractivity contribution in [2.75, 3.05) is 13.2 Å². The first kappa shape index (κ1) is 14.9. The molecule has 0 saturated heterocycles. The van der Waals surface area contributed by atoms with E-state index in [4.69, 9.17) is 0 Å². The minimum absolute atomic E-state index is 0.00260. The zero-order valence-electron chi connectivity index (χ0n) is 10.4. The standard InChI is InChI=1S/C12H27NO2/c1-4-7-8-11(5-2)13-12(6-3,9-14)10-15/h11,13-15H,4-10H2,1-3H3. The van der Waals surface area contributed by atoms with Gasteiger partial charge >= 0.3 is 0 Å². The van der Waals surface area contributed by atoms with Crippen molar-refractivity contribution in [3.63, 3.8) is 0 Å². The van der Waals surface area contributed by atoms with E-state index in [1.54, 1.807) is 0 Å². The molecular weight excluding hydrogens is 190 g/mol. The summed E-state index contributed by atoms with van der Waals surface area (Å²) in [5.74, 6) is 0. The number of aliphatic hydroxyl groups excluding tert-OH is 2. The Balaban J connectivity index is 4.21.